The zero-order chi connectivity index (χ0) is 12.2. The summed E-state index contributed by atoms with van der Waals surface area (Å²) in [4.78, 5) is 7.18. The van der Waals surface area contributed by atoms with Crippen LogP contribution >= 0.6 is 0 Å². The van der Waals surface area contributed by atoms with Crippen LogP contribution in [-0.4, -0.2) is 47.2 Å². The Hall–Kier alpha value is -0.870. The first-order chi connectivity index (χ1) is 8.93. The first-order valence-electron chi connectivity index (χ1n) is 7.37. The van der Waals surface area contributed by atoms with Gasteiger partial charge in [0.25, 0.3) is 0 Å². The average Bonchev–Trinajstić information content (AvgIpc) is 3.09. The topological polar surface area (TPSA) is 33.1 Å². The maximum atomic E-state index is 4.60. The van der Waals surface area contributed by atoms with E-state index in [1.807, 2.05) is 6.20 Å². The van der Waals surface area contributed by atoms with Crippen molar-refractivity contribution in [2.45, 2.75) is 38.1 Å². The standard InChI is InChI=1S/C14H24N4/c1-2-9-17(8-1)11-12-18-10-7-16-14(18)13-3-5-15-6-4-13/h7,10,13,15H,1-6,8-9,11-12H2. The van der Waals surface area contributed by atoms with Crippen LogP contribution in [0, 0.1) is 0 Å². The minimum Gasteiger partial charge on any atom is -0.333 e. The average molecular weight is 248 g/mol. The van der Waals surface area contributed by atoms with Crippen molar-refractivity contribution in [1.82, 2.24) is 19.8 Å². The van der Waals surface area contributed by atoms with Gasteiger partial charge in [0.15, 0.2) is 0 Å². The van der Waals surface area contributed by atoms with Crippen LogP contribution in [0.5, 0.6) is 0 Å². The number of piperidine rings is 1. The number of nitrogens with one attached hydrogen (secondary N) is 1. The highest BCUT2D eigenvalue weighted by atomic mass is 15.2. The third-order valence-electron chi connectivity index (χ3n) is 4.31. The van der Waals surface area contributed by atoms with Crippen molar-refractivity contribution in [3.63, 3.8) is 0 Å². The summed E-state index contributed by atoms with van der Waals surface area (Å²) in [7, 11) is 0. The van der Waals surface area contributed by atoms with Crippen molar-refractivity contribution < 1.29 is 0 Å². The SMILES string of the molecule is c1cn(CCN2CCCC2)c(C2CCNCC2)n1. The molecular formula is C14H24N4. The first-order valence-corrected chi connectivity index (χ1v) is 7.37. The van der Waals surface area contributed by atoms with Crippen LogP contribution in [0.1, 0.15) is 37.4 Å². The number of rotatable bonds is 4. The first kappa shape index (κ1) is 12.2. The molecule has 0 aliphatic carbocycles. The molecule has 2 aliphatic heterocycles. The maximum Gasteiger partial charge on any atom is 0.111 e. The molecule has 0 atom stereocenters. The van der Waals surface area contributed by atoms with E-state index < -0.39 is 0 Å². The Morgan fingerprint density at radius 3 is 2.72 bits per heavy atom. The normalized spacial score (nSPS) is 22.7. The summed E-state index contributed by atoms with van der Waals surface area (Å²) in [6.45, 7) is 7.16. The Balaban J connectivity index is 1.59. The predicted octanol–water partition coefficient (Wildman–Crippen LogP) is 1.45. The summed E-state index contributed by atoms with van der Waals surface area (Å²) < 4.78 is 2.38. The Kier molecular flexibility index (Phi) is 3.96. The zero-order valence-corrected chi connectivity index (χ0v) is 11.1. The molecule has 4 nitrogen and oxygen atoms in total. The lowest BCUT2D eigenvalue weighted by Gasteiger charge is -2.24. The number of hydrogen-bond donors (Lipinski definition) is 1. The third kappa shape index (κ3) is 2.75. The molecule has 0 spiro atoms. The quantitative estimate of drug-likeness (QED) is 0.875. The molecule has 3 rings (SSSR count). The van der Waals surface area contributed by atoms with Crippen molar-refractivity contribution >= 4 is 0 Å². The minimum absolute atomic E-state index is 0.667. The van der Waals surface area contributed by atoms with E-state index in [2.05, 4.69) is 26.0 Å². The molecule has 1 aromatic heterocycles. The molecule has 4 heteroatoms. The maximum absolute atomic E-state index is 4.60. The van der Waals surface area contributed by atoms with E-state index in [0.717, 1.165) is 19.6 Å². The van der Waals surface area contributed by atoms with Gasteiger partial charge in [-0.25, -0.2) is 4.98 Å². The van der Waals surface area contributed by atoms with Crippen LogP contribution in [0.25, 0.3) is 0 Å². The summed E-state index contributed by atoms with van der Waals surface area (Å²) in [5.74, 6) is 1.98. The molecule has 0 bridgehead atoms. The highest BCUT2D eigenvalue weighted by molar-refractivity contribution is 5.02. The molecule has 0 unspecified atom stereocenters. The molecule has 2 saturated heterocycles. The second-order valence-corrected chi connectivity index (χ2v) is 5.55. The molecule has 2 fully saturated rings. The van der Waals surface area contributed by atoms with Crippen LogP contribution in [0.2, 0.25) is 0 Å². The molecule has 3 heterocycles. The number of aromatic nitrogens is 2. The van der Waals surface area contributed by atoms with E-state index in [1.165, 1.54) is 51.1 Å². The van der Waals surface area contributed by atoms with Crippen LogP contribution in [-0.2, 0) is 6.54 Å². The van der Waals surface area contributed by atoms with Crippen molar-refractivity contribution in [2.75, 3.05) is 32.7 Å². The molecule has 0 radical (unpaired) electrons. The fourth-order valence-electron chi connectivity index (χ4n) is 3.21. The molecule has 1 N–H and O–H groups in total. The molecule has 18 heavy (non-hydrogen) atoms. The highest BCUT2D eigenvalue weighted by Gasteiger charge is 2.20. The van der Waals surface area contributed by atoms with Crippen LogP contribution in [0.4, 0.5) is 0 Å². The summed E-state index contributed by atoms with van der Waals surface area (Å²) in [6.07, 6.45) is 9.37. The lowest BCUT2D eigenvalue weighted by molar-refractivity contribution is 0.316. The summed E-state index contributed by atoms with van der Waals surface area (Å²) in [5, 5.41) is 3.43. The van der Waals surface area contributed by atoms with E-state index in [0.29, 0.717) is 5.92 Å². The number of imidazole rings is 1. The lowest BCUT2D eigenvalue weighted by Crippen LogP contribution is -2.29. The summed E-state index contributed by atoms with van der Waals surface area (Å²) in [6, 6.07) is 0. The van der Waals surface area contributed by atoms with Crippen molar-refractivity contribution in [3.05, 3.63) is 18.2 Å². The largest absolute Gasteiger partial charge is 0.333 e. The van der Waals surface area contributed by atoms with E-state index in [4.69, 9.17) is 0 Å². The van der Waals surface area contributed by atoms with Crippen molar-refractivity contribution in [1.29, 1.82) is 0 Å². The second kappa shape index (κ2) is 5.85. The Labute approximate surface area is 109 Å². The number of hydrogen-bond acceptors (Lipinski definition) is 3. The van der Waals surface area contributed by atoms with Gasteiger partial charge in [0.05, 0.1) is 0 Å². The van der Waals surface area contributed by atoms with Crippen molar-refractivity contribution in [3.8, 4) is 0 Å². The van der Waals surface area contributed by atoms with Gasteiger partial charge in [-0.15, -0.1) is 0 Å². The van der Waals surface area contributed by atoms with Gasteiger partial charge in [-0.3, -0.25) is 0 Å². The second-order valence-electron chi connectivity index (χ2n) is 5.55. The summed E-state index contributed by atoms with van der Waals surface area (Å²) in [5.41, 5.74) is 0. The Morgan fingerprint density at radius 1 is 1.17 bits per heavy atom. The van der Waals surface area contributed by atoms with Gasteiger partial charge in [-0.2, -0.15) is 0 Å². The van der Waals surface area contributed by atoms with Crippen LogP contribution < -0.4 is 5.32 Å². The Morgan fingerprint density at radius 2 is 1.94 bits per heavy atom. The van der Waals surface area contributed by atoms with Crippen LogP contribution in [0.3, 0.4) is 0 Å². The number of likely N-dealkylation sites (tertiary alicyclic amines) is 1. The highest BCUT2D eigenvalue weighted by Crippen LogP contribution is 2.23. The lowest BCUT2D eigenvalue weighted by atomic mass is 9.97. The van der Waals surface area contributed by atoms with Gasteiger partial charge in [0, 0.05) is 31.4 Å². The fraction of sp³-hybridized carbons (Fsp3) is 0.786. The van der Waals surface area contributed by atoms with Gasteiger partial charge in [0.1, 0.15) is 5.82 Å². The van der Waals surface area contributed by atoms with Gasteiger partial charge in [0.2, 0.25) is 0 Å². The molecule has 0 amide bonds. The smallest absolute Gasteiger partial charge is 0.111 e. The fourth-order valence-corrected chi connectivity index (χ4v) is 3.21. The van der Waals surface area contributed by atoms with E-state index in [-0.39, 0.29) is 0 Å². The van der Waals surface area contributed by atoms with E-state index in [9.17, 15) is 0 Å². The minimum atomic E-state index is 0.667. The van der Waals surface area contributed by atoms with Gasteiger partial charge in [-0.05, 0) is 51.9 Å². The third-order valence-corrected chi connectivity index (χ3v) is 4.31. The molecular weight excluding hydrogens is 224 g/mol. The molecule has 2 aliphatic rings. The van der Waals surface area contributed by atoms with Gasteiger partial charge in [-0.1, -0.05) is 0 Å². The zero-order valence-electron chi connectivity index (χ0n) is 11.1. The molecule has 100 valence electrons. The Bertz CT molecular complexity index is 362. The van der Waals surface area contributed by atoms with Gasteiger partial charge < -0.3 is 14.8 Å². The summed E-state index contributed by atoms with van der Waals surface area (Å²) >= 11 is 0. The number of nitrogens with zero attached hydrogens (tertiary/aromatic N) is 3. The van der Waals surface area contributed by atoms with Gasteiger partial charge >= 0.3 is 0 Å². The monoisotopic (exact) mass is 248 g/mol. The van der Waals surface area contributed by atoms with E-state index in [1.54, 1.807) is 0 Å². The molecule has 0 saturated carbocycles. The van der Waals surface area contributed by atoms with E-state index >= 15 is 0 Å². The predicted molar refractivity (Wildman–Crippen MR) is 72.7 cm³/mol. The van der Waals surface area contributed by atoms with Crippen molar-refractivity contribution in [2.24, 2.45) is 0 Å². The molecule has 1 aromatic rings. The molecule has 0 aromatic carbocycles. The van der Waals surface area contributed by atoms with Crippen LogP contribution in [0.15, 0.2) is 12.4 Å².